The number of rotatable bonds is 20. The van der Waals surface area contributed by atoms with E-state index in [9.17, 15) is 60.0 Å². The fourth-order valence-electron chi connectivity index (χ4n) is 7.32. The third-order valence-corrected chi connectivity index (χ3v) is 10.5. The Labute approximate surface area is 329 Å². The molecule has 20 heteroatoms. The van der Waals surface area contributed by atoms with Gasteiger partial charge < -0.3 is 70.4 Å². The smallest absolute Gasteiger partial charge is 0.330 e. The number of aliphatic hydroxyl groups excluding tert-OH is 8. The van der Waals surface area contributed by atoms with E-state index in [1.54, 1.807) is 6.08 Å². The standard InChI is InChI=1S/C37H60N4O16/c1-3-4-5-6-7-8-9-10-11-12-13-14-23(45)39-26-30(50)27(47)21(54-36(26)57-35-25(38-19(2)43)29(49)28(48)22(18-42)55-35)17-20(44)33-31(51)32(52)34(56-33)41-16-15-24(46)40-37(41)53/h13-16,20-22,25-36,42,44,47-52H,3-12,17-18H2,1-2H3,(H,38,43)(H,39,45)(H,40,46,53)/b14-13+. The van der Waals surface area contributed by atoms with Gasteiger partial charge in [0.1, 0.15) is 60.9 Å². The Hall–Kier alpha value is -3.12. The van der Waals surface area contributed by atoms with Crippen molar-refractivity contribution < 1.29 is 69.4 Å². The van der Waals surface area contributed by atoms with E-state index in [-0.39, 0.29) is 0 Å². The van der Waals surface area contributed by atoms with Crippen LogP contribution in [0.4, 0.5) is 0 Å². The molecule has 11 N–H and O–H groups in total. The molecule has 2 amide bonds. The summed E-state index contributed by atoms with van der Waals surface area (Å²) in [6.07, 6.45) is -7.70. The zero-order valence-corrected chi connectivity index (χ0v) is 32.2. The first-order valence-electron chi connectivity index (χ1n) is 19.7. The molecule has 57 heavy (non-hydrogen) atoms. The van der Waals surface area contributed by atoms with Crippen LogP contribution in [0, 0.1) is 0 Å². The normalized spacial score (nSPS) is 35.0. The first kappa shape index (κ1) is 46.6. The average molecular weight is 817 g/mol. The number of hydrogen-bond donors (Lipinski definition) is 11. The van der Waals surface area contributed by atoms with Gasteiger partial charge in [-0.05, 0) is 18.9 Å². The highest BCUT2D eigenvalue weighted by Gasteiger charge is 2.53. The molecule has 0 aliphatic carbocycles. The van der Waals surface area contributed by atoms with Crippen LogP contribution in [0.2, 0.25) is 0 Å². The fourth-order valence-corrected chi connectivity index (χ4v) is 7.32. The average Bonchev–Trinajstić information content (AvgIpc) is 3.46. The lowest BCUT2D eigenvalue weighted by Gasteiger charge is -2.47. The molecule has 0 bridgehead atoms. The minimum absolute atomic E-state index is 0.597. The topological polar surface area (TPSA) is 312 Å². The Bertz CT molecular complexity index is 1560. The fraction of sp³-hybridized carbons (Fsp3) is 0.784. The summed E-state index contributed by atoms with van der Waals surface area (Å²) in [6, 6.07) is -2.01. The predicted octanol–water partition coefficient (Wildman–Crippen LogP) is -2.72. The molecule has 3 fully saturated rings. The number of ether oxygens (including phenoxy) is 4. The second kappa shape index (κ2) is 22.3. The molecule has 324 valence electrons. The van der Waals surface area contributed by atoms with E-state index >= 15 is 0 Å². The Morgan fingerprint density at radius 3 is 2.00 bits per heavy atom. The van der Waals surface area contributed by atoms with Crippen molar-refractivity contribution in [3.63, 3.8) is 0 Å². The monoisotopic (exact) mass is 816 g/mol. The molecule has 1 aromatic rings. The molecular formula is C37H60N4O16. The van der Waals surface area contributed by atoms with Crippen molar-refractivity contribution in [2.75, 3.05) is 6.61 Å². The van der Waals surface area contributed by atoms with Crippen molar-refractivity contribution in [3.05, 3.63) is 45.3 Å². The summed E-state index contributed by atoms with van der Waals surface area (Å²) in [7, 11) is 0. The van der Waals surface area contributed by atoms with E-state index in [0.29, 0.717) is 6.42 Å². The van der Waals surface area contributed by atoms with Crippen LogP contribution in [0.15, 0.2) is 34.0 Å². The molecule has 4 heterocycles. The van der Waals surface area contributed by atoms with Crippen LogP contribution in [0.1, 0.15) is 90.7 Å². The highest BCUT2D eigenvalue weighted by atomic mass is 16.8. The van der Waals surface area contributed by atoms with Crippen molar-refractivity contribution >= 4 is 11.8 Å². The molecule has 1 aromatic heterocycles. The first-order valence-corrected chi connectivity index (χ1v) is 19.7. The lowest BCUT2D eigenvalue weighted by Crippen LogP contribution is -2.68. The van der Waals surface area contributed by atoms with Crippen LogP contribution in [-0.2, 0) is 28.5 Å². The van der Waals surface area contributed by atoms with E-state index in [0.717, 1.165) is 49.4 Å². The third kappa shape index (κ3) is 12.4. The van der Waals surface area contributed by atoms with E-state index in [4.69, 9.17) is 18.9 Å². The lowest BCUT2D eigenvalue weighted by atomic mass is 9.91. The zero-order chi connectivity index (χ0) is 41.8. The van der Waals surface area contributed by atoms with Crippen LogP contribution >= 0.6 is 0 Å². The number of nitrogens with one attached hydrogen (secondary N) is 3. The molecule has 3 saturated heterocycles. The second-order valence-corrected chi connectivity index (χ2v) is 14.9. The minimum Gasteiger partial charge on any atom is -0.394 e. The maximum absolute atomic E-state index is 13.1. The molecule has 0 radical (unpaired) electrons. The number of carbonyl (C=O) groups is 2. The van der Waals surface area contributed by atoms with Gasteiger partial charge in [-0.1, -0.05) is 64.4 Å². The number of H-pyrrole nitrogens is 1. The minimum atomic E-state index is -1.85. The number of aliphatic hydroxyl groups is 8. The molecule has 15 unspecified atom stereocenters. The molecule has 3 aliphatic rings. The van der Waals surface area contributed by atoms with Gasteiger partial charge in [-0.3, -0.25) is 23.9 Å². The van der Waals surface area contributed by atoms with E-state index in [2.05, 4.69) is 17.6 Å². The number of unbranched alkanes of at least 4 members (excludes halogenated alkanes) is 9. The molecule has 0 spiro atoms. The van der Waals surface area contributed by atoms with Gasteiger partial charge in [0.05, 0.1) is 18.8 Å². The molecule has 4 rings (SSSR count). The van der Waals surface area contributed by atoms with Crippen molar-refractivity contribution in [2.45, 2.75) is 176 Å². The van der Waals surface area contributed by atoms with Crippen LogP contribution in [0.3, 0.4) is 0 Å². The van der Waals surface area contributed by atoms with Gasteiger partial charge in [-0.15, -0.1) is 0 Å². The zero-order valence-electron chi connectivity index (χ0n) is 32.2. The van der Waals surface area contributed by atoms with E-state index < -0.39 is 128 Å². The van der Waals surface area contributed by atoms with Gasteiger partial charge in [-0.2, -0.15) is 0 Å². The Morgan fingerprint density at radius 1 is 0.825 bits per heavy atom. The number of aromatic nitrogens is 2. The van der Waals surface area contributed by atoms with Gasteiger partial charge in [0.2, 0.25) is 11.8 Å². The number of allylic oxidation sites excluding steroid dienone is 1. The maximum Gasteiger partial charge on any atom is 0.330 e. The quantitative estimate of drug-likeness (QED) is 0.0470. The van der Waals surface area contributed by atoms with Crippen LogP contribution in [0.25, 0.3) is 0 Å². The van der Waals surface area contributed by atoms with Crippen LogP contribution in [0.5, 0.6) is 0 Å². The summed E-state index contributed by atoms with van der Waals surface area (Å²) >= 11 is 0. The Morgan fingerprint density at radius 2 is 1.40 bits per heavy atom. The predicted molar refractivity (Wildman–Crippen MR) is 198 cm³/mol. The van der Waals surface area contributed by atoms with Crippen molar-refractivity contribution in [3.8, 4) is 0 Å². The maximum atomic E-state index is 13.1. The lowest BCUT2D eigenvalue weighted by molar-refractivity contribution is -0.346. The second-order valence-electron chi connectivity index (χ2n) is 14.9. The van der Waals surface area contributed by atoms with Crippen molar-refractivity contribution in [1.82, 2.24) is 20.2 Å². The van der Waals surface area contributed by atoms with E-state index in [1.165, 1.54) is 38.2 Å². The van der Waals surface area contributed by atoms with Gasteiger partial charge in [-0.25, -0.2) is 4.79 Å². The Balaban J connectivity index is 1.48. The number of aromatic amines is 1. The summed E-state index contributed by atoms with van der Waals surface area (Å²) in [5.74, 6) is -1.35. The van der Waals surface area contributed by atoms with Crippen molar-refractivity contribution in [1.29, 1.82) is 0 Å². The molecule has 3 aliphatic heterocycles. The molecule has 20 nitrogen and oxygen atoms in total. The van der Waals surface area contributed by atoms with Gasteiger partial charge in [0.25, 0.3) is 5.56 Å². The van der Waals surface area contributed by atoms with Gasteiger partial charge >= 0.3 is 5.69 Å². The van der Waals surface area contributed by atoms with Gasteiger partial charge in [0.15, 0.2) is 18.8 Å². The number of nitrogens with zero attached hydrogens (tertiary/aromatic N) is 1. The largest absolute Gasteiger partial charge is 0.394 e. The summed E-state index contributed by atoms with van der Waals surface area (Å²) in [6.45, 7) is 2.52. The van der Waals surface area contributed by atoms with Crippen LogP contribution < -0.4 is 21.9 Å². The Kier molecular flexibility index (Phi) is 18.2. The SMILES string of the molecule is CCCCCCCCCCC/C=C/C(=O)NC1C(OC2OC(CO)C(O)C(O)C2NC(C)=O)OC(CC(O)C2OC(n3ccc(=O)[nH]c3=O)C(O)C2O)C(O)C1O. The summed E-state index contributed by atoms with van der Waals surface area (Å²) < 4.78 is 24.1. The van der Waals surface area contributed by atoms with Gasteiger partial charge in [0, 0.05) is 25.6 Å². The summed E-state index contributed by atoms with van der Waals surface area (Å²) in [5, 5.41) is 91.3. The van der Waals surface area contributed by atoms with Crippen LogP contribution in [-0.4, -0.2) is 155 Å². The first-order chi connectivity index (χ1) is 27.2. The highest BCUT2D eigenvalue weighted by Crippen LogP contribution is 2.34. The van der Waals surface area contributed by atoms with Crippen molar-refractivity contribution in [2.24, 2.45) is 0 Å². The molecule has 15 atom stereocenters. The number of carbonyl (C=O) groups excluding carboxylic acids is 2. The summed E-state index contributed by atoms with van der Waals surface area (Å²) in [4.78, 5) is 51.0. The molecular weight excluding hydrogens is 756 g/mol. The third-order valence-electron chi connectivity index (χ3n) is 10.5. The van der Waals surface area contributed by atoms with E-state index in [1.807, 2.05) is 4.98 Å². The molecule has 0 aromatic carbocycles. The number of amides is 2. The number of hydrogen-bond acceptors (Lipinski definition) is 16. The molecule has 0 saturated carbocycles. The highest BCUT2D eigenvalue weighted by molar-refractivity contribution is 5.87. The summed E-state index contributed by atoms with van der Waals surface area (Å²) in [5.41, 5.74) is -1.68.